The van der Waals surface area contributed by atoms with Gasteiger partial charge in [-0.1, -0.05) is 29.3 Å². The molecule has 0 bridgehead atoms. The number of rotatable bonds is 11. The molecule has 3 rings (SSSR count). The van der Waals surface area contributed by atoms with Crippen molar-refractivity contribution < 1.29 is 19.0 Å². The van der Waals surface area contributed by atoms with Crippen molar-refractivity contribution in [3.63, 3.8) is 0 Å². The Kier molecular flexibility index (Phi) is 11.8. The fraction of sp³-hybridized carbons (Fsp3) is 0.259. The molecule has 13 heteroatoms. The molecule has 0 atom stereocenters. The molecule has 1 heterocycles. The quantitative estimate of drug-likeness (QED) is 0.146. The maximum Gasteiger partial charge on any atom is 0.269 e. The van der Waals surface area contributed by atoms with Crippen molar-refractivity contribution in [3.05, 3.63) is 86.7 Å². The van der Waals surface area contributed by atoms with Crippen molar-refractivity contribution in [2.24, 2.45) is 5.10 Å². The van der Waals surface area contributed by atoms with Gasteiger partial charge in [-0.15, -0.1) is 0 Å². The molecule has 0 unspecified atom stereocenters. The molecule has 1 aromatic heterocycles. The van der Waals surface area contributed by atoms with Gasteiger partial charge in [0.2, 0.25) is 0 Å². The molecule has 0 aliphatic rings. The molecular formula is C27H24BrCl2IN4O5. The fourth-order valence-electron chi connectivity index (χ4n) is 3.66. The Morgan fingerprint density at radius 1 is 1.23 bits per heavy atom. The van der Waals surface area contributed by atoms with Crippen molar-refractivity contribution >= 4 is 73.8 Å². The lowest BCUT2D eigenvalue weighted by Crippen LogP contribution is -2.33. The maximum atomic E-state index is 12.8. The summed E-state index contributed by atoms with van der Waals surface area (Å²) in [5.41, 5.74) is 4.18. The zero-order valence-electron chi connectivity index (χ0n) is 21.7. The first kappa shape index (κ1) is 31.9. The predicted molar refractivity (Wildman–Crippen MR) is 165 cm³/mol. The van der Waals surface area contributed by atoms with Crippen molar-refractivity contribution in [1.82, 2.24) is 9.99 Å². The van der Waals surface area contributed by atoms with E-state index in [1.54, 1.807) is 25.1 Å². The molecule has 0 aliphatic heterocycles. The first-order valence-electron chi connectivity index (χ1n) is 11.8. The Labute approximate surface area is 263 Å². The van der Waals surface area contributed by atoms with Crippen LogP contribution in [0.25, 0.3) is 0 Å². The third kappa shape index (κ3) is 7.76. The molecule has 9 nitrogen and oxygen atoms in total. The summed E-state index contributed by atoms with van der Waals surface area (Å²) in [5, 5.41) is 14.4. The van der Waals surface area contributed by atoms with Gasteiger partial charge in [0.05, 0.1) is 33.0 Å². The summed E-state index contributed by atoms with van der Waals surface area (Å²) < 4.78 is 19.4. The van der Waals surface area contributed by atoms with Crippen LogP contribution in [0.2, 0.25) is 10.0 Å². The second-order valence-corrected chi connectivity index (χ2v) is 11.1. The van der Waals surface area contributed by atoms with E-state index in [1.807, 2.05) is 25.1 Å². The van der Waals surface area contributed by atoms with Gasteiger partial charge in [0.15, 0.2) is 11.5 Å². The summed E-state index contributed by atoms with van der Waals surface area (Å²) in [6, 6.07) is 10.7. The van der Waals surface area contributed by atoms with Crippen LogP contribution in [0.5, 0.6) is 11.5 Å². The normalized spacial score (nSPS) is 10.9. The lowest BCUT2D eigenvalue weighted by Gasteiger charge is -2.15. The number of nitrogens with one attached hydrogen (secondary N) is 1. The topological polar surface area (TPSA) is 115 Å². The summed E-state index contributed by atoms with van der Waals surface area (Å²) in [4.78, 5) is 25.5. The summed E-state index contributed by atoms with van der Waals surface area (Å²) >= 11 is 17.6. The van der Waals surface area contributed by atoms with Gasteiger partial charge >= 0.3 is 0 Å². The number of methoxy groups -OCH3 is 1. The van der Waals surface area contributed by atoms with Gasteiger partial charge in [0.25, 0.3) is 11.5 Å². The number of halogens is 4. The highest BCUT2D eigenvalue weighted by atomic mass is 127. The monoisotopic (exact) mass is 760 g/mol. The zero-order valence-corrected chi connectivity index (χ0v) is 26.9. The SMILES string of the molecule is CCOc1cc(/C=N\NC(=O)Cn2c(C)c(Br)c(COC)c(C#N)c2=O)cc(I)c1OCc1ccc(Cl)c(Cl)c1. The van der Waals surface area contributed by atoms with E-state index in [9.17, 15) is 14.9 Å². The van der Waals surface area contributed by atoms with Crippen LogP contribution in [0, 0.1) is 21.8 Å². The highest BCUT2D eigenvalue weighted by molar-refractivity contribution is 14.1. The number of carbonyl (C=O) groups is 1. The smallest absolute Gasteiger partial charge is 0.269 e. The number of ether oxygens (including phenoxy) is 3. The third-order valence-corrected chi connectivity index (χ3v) is 8.14. The average molecular weight is 762 g/mol. The number of carbonyl (C=O) groups excluding carboxylic acids is 1. The van der Waals surface area contributed by atoms with E-state index in [4.69, 9.17) is 37.4 Å². The largest absolute Gasteiger partial charge is 0.490 e. The Hall–Kier alpha value is -2.63. The number of benzene rings is 2. The molecule has 1 amide bonds. The molecular weight excluding hydrogens is 738 g/mol. The van der Waals surface area contributed by atoms with Crippen LogP contribution in [0.1, 0.15) is 34.9 Å². The Morgan fingerprint density at radius 3 is 2.62 bits per heavy atom. The minimum atomic E-state index is -0.582. The Bertz CT molecular complexity index is 1560. The van der Waals surface area contributed by atoms with Gasteiger partial charge in [-0.3, -0.25) is 9.59 Å². The molecule has 1 N–H and O–H groups in total. The van der Waals surface area contributed by atoms with Crippen molar-refractivity contribution in [1.29, 1.82) is 5.26 Å². The van der Waals surface area contributed by atoms with Crippen LogP contribution < -0.4 is 20.5 Å². The van der Waals surface area contributed by atoms with Crippen molar-refractivity contribution in [3.8, 4) is 17.6 Å². The number of pyridine rings is 1. The van der Waals surface area contributed by atoms with E-state index in [2.05, 4.69) is 49.0 Å². The molecule has 0 radical (unpaired) electrons. The minimum absolute atomic E-state index is 0.0821. The van der Waals surface area contributed by atoms with Crippen LogP contribution in [-0.4, -0.2) is 30.4 Å². The number of hydrazone groups is 1. The van der Waals surface area contributed by atoms with E-state index in [0.717, 1.165) is 9.13 Å². The summed E-state index contributed by atoms with van der Waals surface area (Å²) in [6.45, 7) is 3.95. The molecule has 40 heavy (non-hydrogen) atoms. The zero-order chi connectivity index (χ0) is 29.4. The highest BCUT2D eigenvalue weighted by Crippen LogP contribution is 2.35. The van der Waals surface area contributed by atoms with Gasteiger partial charge in [-0.05, 0) is 87.8 Å². The summed E-state index contributed by atoms with van der Waals surface area (Å²) in [6.07, 6.45) is 1.46. The molecule has 0 saturated heterocycles. The fourth-order valence-corrected chi connectivity index (χ4v) is 5.29. The van der Waals surface area contributed by atoms with E-state index in [0.29, 0.717) is 49.4 Å². The number of amides is 1. The summed E-state index contributed by atoms with van der Waals surface area (Å²) in [5.74, 6) is 0.521. The van der Waals surface area contributed by atoms with Gasteiger partial charge in [-0.2, -0.15) is 10.4 Å². The number of hydrogen-bond acceptors (Lipinski definition) is 7. The van der Waals surface area contributed by atoms with E-state index in [-0.39, 0.29) is 25.3 Å². The van der Waals surface area contributed by atoms with E-state index >= 15 is 0 Å². The molecule has 0 aliphatic carbocycles. The van der Waals surface area contributed by atoms with Gasteiger partial charge in [0, 0.05) is 22.8 Å². The van der Waals surface area contributed by atoms with Crippen molar-refractivity contribution in [2.45, 2.75) is 33.6 Å². The second kappa shape index (κ2) is 14.8. The second-order valence-electron chi connectivity index (χ2n) is 8.28. The van der Waals surface area contributed by atoms with Crippen molar-refractivity contribution in [2.75, 3.05) is 13.7 Å². The number of nitriles is 1. The minimum Gasteiger partial charge on any atom is -0.490 e. The van der Waals surface area contributed by atoms with Crippen LogP contribution in [0.15, 0.2) is 44.7 Å². The number of nitrogens with zero attached hydrogens (tertiary/aromatic N) is 3. The Balaban J connectivity index is 1.75. The lowest BCUT2D eigenvalue weighted by atomic mass is 10.1. The highest BCUT2D eigenvalue weighted by Gasteiger charge is 2.19. The maximum absolute atomic E-state index is 12.8. The number of aromatic nitrogens is 1. The van der Waals surface area contributed by atoms with Gasteiger partial charge < -0.3 is 18.8 Å². The Morgan fingerprint density at radius 2 is 1.98 bits per heavy atom. The first-order valence-corrected chi connectivity index (χ1v) is 14.4. The van der Waals surface area contributed by atoms with E-state index in [1.165, 1.54) is 17.9 Å². The standard InChI is InChI=1S/C27H24BrCl2IN4O5/c1-4-39-23-9-17(8-22(31)26(23)40-13-16-5-6-20(29)21(30)7-16)11-33-34-24(36)12-35-15(2)25(28)19(14-38-3)18(10-32)27(35)37/h5-9,11H,4,12-14H2,1-3H3,(H,34,36)/b33-11-. The molecule has 0 fully saturated rings. The molecule has 3 aromatic rings. The van der Waals surface area contributed by atoms with Crippen LogP contribution >= 0.6 is 61.7 Å². The third-order valence-electron chi connectivity index (χ3n) is 5.55. The lowest BCUT2D eigenvalue weighted by molar-refractivity contribution is -0.121. The van der Waals surface area contributed by atoms with Crippen LogP contribution in [0.4, 0.5) is 0 Å². The molecule has 210 valence electrons. The van der Waals surface area contributed by atoms with Gasteiger partial charge in [0.1, 0.15) is 24.8 Å². The first-order chi connectivity index (χ1) is 19.1. The van der Waals surface area contributed by atoms with Crippen LogP contribution in [0.3, 0.4) is 0 Å². The number of hydrogen-bond donors (Lipinski definition) is 1. The summed E-state index contributed by atoms with van der Waals surface area (Å²) in [7, 11) is 1.47. The van der Waals surface area contributed by atoms with E-state index < -0.39 is 11.5 Å². The van der Waals surface area contributed by atoms with Crippen LogP contribution in [-0.2, 0) is 29.3 Å². The predicted octanol–water partition coefficient (Wildman–Crippen LogP) is 5.98. The van der Waals surface area contributed by atoms with Gasteiger partial charge in [-0.25, -0.2) is 5.43 Å². The molecule has 0 spiro atoms. The molecule has 2 aromatic carbocycles. The average Bonchev–Trinajstić information content (AvgIpc) is 2.91. The molecule has 0 saturated carbocycles.